The highest BCUT2D eigenvalue weighted by atomic mass is 19.1. The van der Waals surface area contributed by atoms with Crippen molar-refractivity contribution in [1.82, 2.24) is 15.5 Å². The second-order valence-electron chi connectivity index (χ2n) is 4.67. The van der Waals surface area contributed by atoms with Crippen LogP contribution in [0.3, 0.4) is 0 Å². The molecule has 0 spiro atoms. The molecule has 2 aromatic carbocycles. The number of carbonyl (C=O) groups is 1. The van der Waals surface area contributed by atoms with Crippen LogP contribution in [-0.2, 0) is 6.54 Å². The molecule has 0 fully saturated rings. The van der Waals surface area contributed by atoms with Gasteiger partial charge in [0, 0.05) is 5.56 Å². The Morgan fingerprint density at radius 1 is 1.04 bits per heavy atom. The van der Waals surface area contributed by atoms with Gasteiger partial charge in [-0.15, -0.1) is 10.2 Å². The van der Waals surface area contributed by atoms with Crippen molar-refractivity contribution in [1.29, 1.82) is 0 Å². The van der Waals surface area contributed by atoms with E-state index in [1.165, 1.54) is 36.4 Å². The zero-order valence-corrected chi connectivity index (χ0v) is 11.8. The van der Waals surface area contributed by atoms with Crippen molar-refractivity contribution < 1.29 is 18.0 Å². The first-order valence-electron chi connectivity index (χ1n) is 6.74. The molecule has 0 unspecified atom stereocenters. The Morgan fingerprint density at radius 3 is 2.52 bits per heavy atom. The third kappa shape index (κ3) is 3.39. The van der Waals surface area contributed by atoms with Crippen molar-refractivity contribution in [2.75, 3.05) is 0 Å². The fraction of sp³-hybridized carbons (Fsp3) is 0.0625. The number of nitrogens with one attached hydrogen (secondary N) is 1. The molecule has 1 aromatic heterocycles. The summed E-state index contributed by atoms with van der Waals surface area (Å²) in [5.74, 6) is -1.13. The molecule has 0 saturated carbocycles. The monoisotopic (exact) mass is 315 g/mol. The zero-order valence-electron chi connectivity index (χ0n) is 11.8. The Labute approximate surface area is 130 Å². The predicted molar refractivity (Wildman–Crippen MR) is 77.3 cm³/mol. The van der Waals surface area contributed by atoms with Crippen molar-refractivity contribution in [3.8, 4) is 11.5 Å². The normalized spacial score (nSPS) is 10.5. The fourth-order valence-electron chi connectivity index (χ4n) is 1.93. The molecular formula is C16H11F2N3O2. The quantitative estimate of drug-likeness (QED) is 0.804. The van der Waals surface area contributed by atoms with Crippen LogP contribution in [-0.4, -0.2) is 16.1 Å². The van der Waals surface area contributed by atoms with Gasteiger partial charge in [-0.1, -0.05) is 12.1 Å². The molecule has 23 heavy (non-hydrogen) atoms. The number of carbonyl (C=O) groups excluding carboxylic acids is 1. The van der Waals surface area contributed by atoms with Gasteiger partial charge in [-0.05, 0) is 36.4 Å². The summed E-state index contributed by atoms with van der Waals surface area (Å²) in [4.78, 5) is 11.9. The van der Waals surface area contributed by atoms with Gasteiger partial charge in [-0.25, -0.2) is 8.78 Å². The molecule has 1 heterocycles. The zero-order chi connectivity index (χ0) is 16.2. The first kappa shape index (κ1) is 14.8. The van der Waals surface area contributed by atoms with Crippen molar-refractivity contribution in [2.24, 2.45) is 0 Å². The van der Waals surface area contributed by atoms with Crippen molar-refractivity contribution in [3.05, 3.63) is 71.6 Å². The van der Waals surface area contributed by atoms with Gasteiger partial charge < -0.3 is 9.73 Å². The maximum Gasteiger partial charge on any atom is 0.251 e. The number of rotatable bonds is 4. The van der Waals surface area contributed by atoms with Crippen LogP contribution < -0.4 is 5.32 Å². The van der Waals surface area contributed by atoms with Gasteiger partial charge in [0.15, 0.2) is 0 Å². The Morgan fingerprint density at radius 2 is 1.78 bits per heavy atom. The Bertz CT molecular complexity index is 831. The molecule has 7 heteroatoms. The van der Waals surface area contributed by atoms with Crippen LogP contribution in [0.5, 0.6) is 0 Å². The Hall–Kier alpha value is -3.09. The average molecular weight is 315 g/mol. The number of aromatic nitrogens is 2. The summed E-state index contributed by atoms with van der Waals surface area (Å²) in [7, 11) is 0. The summed E-state index contributed by atoms with van der Waals surface area (Å²) in [6, 6.07) is 11.1. The lowest BCUT2D eigenvalue weighted by molar-refractivity contribution is 0.0947. The SMILES string of the molecule is O=C(NCc1nnc(-c2ccccc2F)o1)c1ccc(F)cc1. The van der Waals surface area contributed by atoms with E-state index in [0.717, 1.165) is 0 Å². The molecule has 0 atom stereocenters. The molecule has 3 aromatic rings. The van der Waals surface area contributed by atoms with E-state index in [9.17, 15) is 13.6 Å². The third-order valence-corrected chi connectivity index (χ3v) is 3.08. The third-order valence-electron chi connectivity index (χ3n) is 3.08. The Balaban J connectivity index is 1.67. The first-order valence-corrected chi connectivity index (χ1v) is 6.74. The number of amides is 1. The molecule has 116 valence electrons. The van der Waals surface area contributed by atoms with E-state index >= 15 is 0 Å². The fourth-order valence-corrected chi connectivity index (χ4v) is 1.93. The molecule has 0 aliphatic heterocycles. The van der Waals surface area contributed by atoms with Crippen LogP contribution in [0, 0.1) is 11.6 Å². The minimum Gasteiger partial charge on any atom is -0.419 e. The smallest absolute Gasteiger partial charge is 0.251 e. The van der Waals surface area contributed by atoms with Crippen LogP contribution in [0.2, 0.25) is 0 Å². The minimum absolute atomic E-state index is 0.0162. The van der Waals surface area contributed by atoms with Crippen molar-refractivity contribution in [2.45, 2.75) is 6.54 Å². The standard InChI is InChI=1S/C16H11F2N3O2/c17-11-7-5-10(6-8-11)15(22)19-9-14-20-21-16(23-14)12-3-1-2-4-13(12)18/h1-8H,9H2,(H,19,22). The Kier molecular flexibility index (Phi) is 4.09. The summed E-state index contributed by atoms with van der Waals surface area (Å²) in [6.45, 7) is -0.0162. The highest BCUT2D eigenvalue weighted by Gasteiger charge is 2.13. The van der Waals surface area contributed by atoms with Gasteiger partial charge in [0.1, 0.15) is 11.6 Å². The molecule has 5 nitrogen and oxygen atoms in total. The summed E-state index contributed by atoms with van der Waals surface area (Å²) in [6.07, 6.45) is 0. The van der Waals surface area contributed by atoms with E-state index in [0.29, 0.717) is 5.56 Å². The van der Waals surface area contributed by atoms with Gasteiger partial charge in [0.05, 0.1) is 12.1 Å². The number of hydrogen-bond acceptors (Lipinski definition) is 4. The largest absolute Gasteiger partial charge is 0.419 e. The first-order chi connectivity index (χ1) is 11.1. The maximum atomic E-state index is 13.6. The molecule has 0 aliphatic carbocycles. The summed E-state index contributed by atoms with van der Waals surface area (Å²) < 4.78 is 31.7. The van der Waals surface area contributed by atoms with Crippen molar-refractivity contribution in [3.63, 3.8) is 0 Å². The molecule has 3 rings (SSSR count). The average Bonchev–Trinajstić information content (AvgIpc) is 3.02. The van der Waals surface area contributed by atoms with Crippen LogP contribution in [0.1, 0.15) is 16.2 Å². The molecule has 1 N–H and O–H groups in total. The van der Waals surface area contributed by atoms with Crippen LogP contribution >= 0.6 is 0 Å². The second kappa shape index (κ2) is 6.35. The van der Waals surface area contributed by atoms with Gasteiger partial charge in [-0.3, -0.25) is 4.79 Å². The number of nitrogens with zero attached hydrogens (tertiary/aromatic N) is 2. The second-order valence-corrected chi connectivity index (χ2v) is 4.67. The molecule has 0 aliphatic rings. The molecule has 0 saturated heterocycles. The molecule has 0 bridgehead atoms. The van der Waals surface area contributed by atoms with Gasteiger partial charge >= 0.3 is 0 Å². The lowest BCUT2D eigenvalue weighted by atomic mass is 10.2. The predicted octanol–water partition coefficient (Wildman–Crippen LogP) is 2.94. The molecule has 1 amide bonds. The minimum atomic E-state index is -0.474. The van der Waals surface area contributed by atoms with E-state index in [1.807, 2.05) is 0 Å². The molecular weight excluding hydrogens is 304 g/mol. The lowest BCUT2D eigenvalue weighted by Gasteiger charge is -2.02. The van der Waals surface area contributed by atoms with Crippen LogP contribution in [0.25, 0.3) is 11.5 Å². The highest BCUT2D eigenvalue weighted by molar-refractivity contribution is 5.94. The number of benzene rings is 2. The number of hydrogen-bond donors (Lipinski definition) is 1. The van der Waals surface area contributed by atoms with Gasteiger partial charge in [0.25, 0.3) is 11.8 Å². The summed E-state index contributed by atoms with van der Waals surface area (Å²) >= 11 is 0. The molecule has 0 radical (unpaired) electrons. The van der Waals surface area contributed by atoms with E-state index < -0.39 is 17.5 Å². The summed E-state index contributed by atoms with van der Waals surface area (Å²) in [5, 5.41) is 10.1. The maximum absolute atomic E-state index is 13.6. The van der Waals surface area contributed by atoms with Crippen molar-refractivity contribution >= 4 is 5.91 Å². The highest BCUT2D eigenvalue weighted by Crippen LogP contribution is 2.20. The van der Waals surface area contributed by atoms with E-state index in [2.05, 4.69) is 15.5 Å². The number of halogens is 2. The van der Waals surface area contributed by atoms with Gasteiger partial charge in [-0.2, -0.15) is 0 Å². The topological polar surface area (TPSA) is 68.0 Å². The van der Waals surface area contributed by atoms with E-state index in [1.54, 1.807) is 12.1 Å². The van der Waals surface area contributed by atoms with E-state index in [-0.39, 0.29) is 23.9 Å². The van der Waals surface area contributed by atoms with Crippen LogP contribution in [0.4, 0.5) is 8.78 Å². The summed E-state index contributed by atoms with van der Waals surface area (Å²) in [5.41, 5.74) is 0.497. The lowest BCUT2D eigenvalue weighted by Crippen LogP contribution is -2.22. The van der Waals surface area contributed by atoms with Gasteiger partial charge in [0.2, 0.25) is 5.89 Å². The van der Waals surface area contributed by atoms with Crippen LogP contribution in [0.15, 0.2) is 52.9 Å². The van der Waals surface area contributed by atoms with E-state index in [4.69, 9.17) is 4.42 Å².